The fraction of sp³-hybridized carbons (Fsp3) is 0.833. The summed E-state index contributed by atoms with van der Waals surface area (Å²) in [6.07, 6.45) is 5.24. The standard InChI is InChI=1S/C12H20N2O2/c1-2-5-10(9-13)14-12(15)8-11-6-3-4-7-16-11/h10-11H,2-8H2,1H3,(H,14,15). The van der Waals surface area contributed by atoms with Gasteiger partial charge in [-0.05, 0) is 25.7 Å². The van der Waals surface area contributed by atoms with Crippen molar-refractivity contribution in [2.75, 3.05) is 6.61 Å². The van der Waals surface area contributed by atoms with Crippen LogP contribution in [0, 0.1) is 11.3 Å². The van der Waals surface area contributed by atoms with Crippen molar-refractivity contribution in [3.8, 4) is 6.07 Å². The van der Waals surface area contributed by atoms with E-state index in [1.165, 1.54) is 0 Å². The minimum absolute atomic E-state index is 0.0507. The highest BCUT2D eigenvalue weighted by Gasteiger charge is 2.19. The third-order valence-corrected chi connectivity index (χ3v) is 2.76. The van der Waals surface area contributed by atoms with E-state index in [1.54, 1.807) is 0 Å². The minimum atomic E-state index is -0.346. The number of nitriles is 1. The molecule has 2 unspecified atom stereocenters. The van der Waals surface area contributed by atoms with E-state index in [2.05, 4.69) is 11.4 Å². The number of nitrogens with zero attached hydrogens (tertiary/aromatic N) is 1. The lowest BCUT2D eigenvalue weighted by Crippen LogP contribution is -2.36. The first-order chi connectivity index (χ1) is 7.76. The van der Waals surface area contributed by atoms with Crippen LogP contribution in [0.15, 0.2) is 0 Å². The van der Waals surface area contributed by atoms with Crippen LogP contribution in [0.2, 0.25) is 0 Å². The van der Waals surface area contributed by atoms with Gasteiger partial charge < -0.3 is 10.1 Å². The summed E-state index contributed by atoms with van der Waals surface area (Å²) in [6, 6.07) is 1.75. The molecule has 1 fully saturated rings. The zero-order chi connectivity index (χ0) is 11.8. The Morgan fingerprint density at radius 1 is 1.62 bits per heavy atom. The van der Waals surface area contributed by atoms with E-state index in [4.69, 9.17) is 10.00 Å². The van der Waals surface area contributed by atoms with E-state index in [9.17, 15) is 4.79 Å². The number of hydrogen-bond acceptors (Lipinski definition) is 3. The zero-order valence-electron chi connectivity index (χ0n) is 9.87. The lowest BCUT2D eigenvalue weighted by atomic mass is 10.1. The average Bonchev–Trinajstić information content (AvgIpc) is 2.29. The molecule has 0 aromatic carbocycles. The Bertz CT molecular complexity index is 254. The number of carbonyl (C=O) groups is 1. The average molecular weight is 224 g/mol. The van der Waals surface area contributed by atoms with E-state index in [1.807, 2.05) is 6.92 Å². The maximum Gasteiger partial charge on any atom is 0.223 e. The molecule has 1 aliphatic heterocycles. The fourth-order valence-electron chi connectivity index (χ4n) is 1.89. The molecule has 0 bridgehead atoms. The first-order valence-electron chi connectivity index (χ1n) is 6.06. The highest BCUT2D eigenvalue weighted by Crippen LogP contribution is 2.15. The summed E-state index contributed by atoms with van der Waals surface area (Å²) in [5.74, 6) is -0.0631. The van der Waals surface area contributed by atoms with Gasteiger partial charge in [-0.25, -0.2) is 0 Å². The van der Waals surface area contributed by atoms with Crippen molar-refractivity contribution in [2.45, 2.75) is 57.6 Å². The quantitative estimate of drug-likeness (QED) is 0.774. The van der Waals surface area contributed by atoms with E-state index < -0.39 is 0 Å². The second-order valence-electron chi connectivity index (χ2n) is 4.23. The van der Waals surface area contributed by atoms with Crippen molar-refractivity contribution in [1.29, 1.82) is 5.26 Å². The Morgan fingerprint density at radius 2 is 2.44 bits per heavy atom. The molecule has 0 saturated carbocycles. The summed E-state index contributed by atoms with van der Waals surface area (Å²) in [7, 11) is 0. The van der Waals surface area contributed by atoms with Crippen molar-refractivity contribution in [1.82, 2.24) is 5.32 Å². The van der Waals surface area contributed by atoms with Crippen LogP contribution >= 0.6 is 0 Å². The Hall–Kier alpha value is -1.08. The third-order valence-electron chi connectivity index (χ3n) is 2.76. The number of carbonyl (C=O) groups excluding carboxylic acids is 1. The molecule has 0 aromatic heterocycles. The molecular formula is C12H20N2O2. The molecule has 1 N–H and O–H groups in total. The fourth-order valence-corrected chi connectivity index (χ4v) is 1.89. The molecule has 1 saturated heterocycles. The van der Waals surface area contributed by atoms with Crippen molar-refractivity contribution < 1.29 is 9.53 Å². The molecule has 90 valence electrons. The smallest absolute Gasteiger partial charge is 0.223 e. The second kappa shape index (κ2) is 7.24. The van der Waals surface area contributed by atoms with Gasteiger partial charge in [0.25, 0.3) is 0 Å². The van der Waals surface area contributed by atoms with E-state index in [0.717, 1.165) is 32.3 Å². The topological polar surface area (TPSA) is 62.1 Å². The van der Waals surface area contributed by atoms with Gasteiger partial charge in [0.15, 0.2) is 0 Å². The Balaban J connectivity index is 2.26. The van der Waals surface area contributed by atoms with Crippen LogP contribution in [0.5, 0.6) is 0 Å². The second-order valence-corrected chi connectivity index (χ2v) is 4.23. The van der Waals surface area contributed by atoms with Gasteiger partial charge in [0.05, 0.1) is 18.6 Å². The van der Waals surface area contributed by atoms with Gasteiger partial charge in [-0.15, -0.1) is 0 Å². The van der Waals surface area contributed by atoms with Crippen molar-refractivity contribution in [2.24, 2.45) is 0 Å². The van der Waals surface area contributed by atoms with E-state index in [-0.39, 0.29) is 18.1 Å². The molecule has 0 aromatic rings. The highest BCUT2D eigenvalue weighted by atomic mass is 16.5. The normalized spacial score (nSPS) is 22.1. The monoisotopic (exact) mass is 224 g/mol. The summed E-state index contributed by atoms with van der Waals surface area (Å²) < 4.78 is 5.48. The maximum atomic E-state index is 11.6. The first-order valence-corrected chi connectivity index (χ1v) is 6.06. The zero-order valence-corrected chi connectivity index (χ0v) is 9.87. The summed E-state index contributed by atoms with van der Waals surface area (Å²) in [5, 5.41) is 11.6. The van der Waals surface area contributed by atoms with Gasteiger partial charge in [0.2, 0.25) is 5.91 Å². The molecule has 0 spiro atoms. The van der Waals surface area contributed by atoms with E-state index in [0.29, 0.717) is 12.8 Å². The highest BCUT2D eigenvalue weighted by molar-refractivity contribution is 5.77. The molecule has 1 rings (SSSR count). The molecule has 2 atom stereocenters. The van der Waals surface area contributed by atoms with Crippen molar-refractivity contribution in [3.63, 3.8) is 0 Å². The lowest BCUT2D eigenvalue weighted by Gasteiger charge is -2.22. The largest absolute Gasteiger partial charge is 0.378 e. The van der Waals surface area contributed by atoms with Gasteiger partial charge in [-0.3, -0.25) is 4.79 Å². The molecule has 1 heterocycles. The van der Waals surface area contributed by atoms with Crippen LogP contribution in [-0.2, 0) is 9.53 Å². The third kappa shape index (κ3) is 4.63. The van der Waals surface area contributed by atoms with Crippen molar-refractivity contribution >= 4 is 5.91 Å². The predicted octanol–water partition coefficient (Wildman–Crippen LogP) is 1.75. The molecule has 16 heavy (non-hydrogen) atoms. The predicted molar refractivity (Wildman–Crippen MR) is 60.7 cm³/mol. The number of hydrogen-bond donors (Lipinski definition) is 1. The van der Waals surface area contributed by atoms with Crippen LogP contribution in [0.3, 0.4) is 0 Å². The van der Waals surface area contributed by atoms with Crippen LogP contribution < -0.4 is 5.32 Å². The molecular weight excluding hydrogens is 204 g/mol. The number of nitrogens with one attached hydrogen (secondary N) is 1. The molecule has 1 amide bonds. The van der Waals surface area contributed by atoms with Gasteiger partial charge in [-0.2, -0.15) is 5.26 Å². The summed E-state index contributed by atoms with van der Waals surface area (Å²) in [5.41, 5.74) is 0. The van der Waals surface area contributed by atoms with E-state index >= 15 is 0 Å². The van der Waals surface area contributed by atoms with Crippen LogP contribution in [0.1, 0.15) is 45.4 Å². The molecule has 4 heteroatoms. The maximum absolute atomic E-state index is 11.6. The van der Waals surface area contributed by atoms with Gasteiger partial charge in [0.1, 0.15) is 6.04 Å². The van der Waals surface area contributed by atoms with Crippen LogP contribution in [0.25, 0.3) is 0 Å². The lowest BCUT2D eigenvalue weighted by molar-refractivity contribution is -0.125. The summed E-state index contributed by atoms with van der Waals surface area (Å²) >= 11 is 0. The minimum Gasteiger partial charge on any atom is -0.378 e. The van der Waals surface area contributed by atoms with Crippen LogP contribution in [0.4, 0.5) is 0 Å². The molecule has 4 nitrogen and oxygen atoms in total. The Morgan fingerprint density at radius 3 is 3.00 bits per heavy atom. The van der Waals surface area contributed by atoms with Gasteiger partial charge in [0, 0.05) is 6.61 Å². The number of ether oxygens (including phenoxy) is 1. The van der Waals surface area contributed by atoms with Crippen molar-refractivity contribution in [3.05, 3.63) is 0 Å². The number of rotatable bonds is 5. The Kier molecular flexibility index (Phi) is 5.87. The summed E-state index contributed by atoms with van der Waals surface area (Å²) in [4.78, 5) is 11.6. The van der Waals surface area contributed by atoms with Crippen LogP contribution in [-0.4, -0.2) is 24.7 Å². The SMILES string of the molecule is CCCC(C#N)NC(=O)CC1CCCCO1. The summed E-state index contributed by atoms with van der Waals surface area (Å²) in [6.45, 7) is 2.76. The molecule has 1 aliphatic rings. The van der Waals surface area contributed by atoms with Gasteiger partial charge >= 0.3 is 0 Å². The first kappa shape index (κ1) is 13.0. The molecule has 0 radical (unpaired) electrons. The Labute approximate surface area is 97.0 Å². The molecule has 0 aliphatic carbocycles. The number of amides is 1. The van der Waals surface area contributed by atoms with Gasteiger partial charge in [-0.1, -0.05) is 13.3 Å².